The summed E-state index contributed by atoms with van der Waals surface area (Å²) in [6, 6.07) is 8.02. The van der Waals surface area contributed by atoms with Crippen LogP contribution in [-0.2, 0) is 11.3 Å². The molecule has 112 valence electrons. The van der Waals surface area contributed by atoms with Crippen molar-refractivity contribution in [3.8, 4) is 0 Å². The minimum Gasteiger partial charge on any atom is -0.355 e. The summed E-state index contributed by atoms with van der Waals surface area (Å²) in [5.41, 5.74) is 2.76. The fourth-order valence-electron chi connectivity index (χ4n) is 2.60. The normalized spacial score (nSPS) is 10.6. The third kappa shape index (κ3) is 3.07. The van der Waals surface area contributed by atoms with Crippen LogP contribution in [0.25, 0.3) is 10.9 Å². The third-order valence-corrected chi connectivity index (χ3v) is 3.54. The quantitative estimate of drug-likeness (QED) is 0.824. The number of aryl methyl sites for hydroxylation is 2. The molecule has 5 nitrogen and oxygen atoms in total. The number of hydrogen-bond acceptors (Lipinski definition) is 2. The zero-order chi connectivity index (χ0) is 15.4. The smallest absolute Gasteiger partial charge is 0.268 e. The van der Waals surface area contributed by atoms with Gasteiger partial charge in [-0.15, -0.1) is 0 Å². The Morgan fingerprint density at radius 1 is 1.14 bits per heavy atom. The SMILES string of the molecule is CCn1c(C(=O)NCCNC(C)=O)c(C)c2ccccc21. The minimum atomic E-state index is -0.101. The molecule has 0 unspecified atom stereocenters. The molecule has 0 atom stereocenters. The number of nitrogens with zero attached hydrogens (tertiary/aromatic N) is 1. The second-order valence-corrected chi connectivity index (χ2v) is 4.97. The van der Waals surface area contributed by atoms with Crippen molar-refractivity contribution in [3.63, 3.8) is 0 Å². The van der Waals surface area contributed by atoms with E-state index in [1.165, 1.54) is 6.92 Å². The standard InChI is InChI=1S/C16H21N3O2/c1-4-19-14-8-6-5-7-13(14)11(2)15(19)16(21)18-10-9-17-12(3)20/h5-8H,4,9-10H2,1-3H3,(H,17,20)(H,18,21). The maximum absolute atomic E-state index is 12.4. The molecule has 0 aliphatic heterocycles. The first-order chi connectivity index (χ1) is 10.1. The first kappa shape index (κ1) is 15.1. The topological polar surface area (TPSA) is 63.1 Å². The van der Waals surface area contributed by atoms with Crippen LogP contribution in [0.1, 0.15) is 29.9 Å². The highest BCUT2D eigenvalue weighted by Crippen LogP contribution is 2.25. The van der Waals surface area contributed by atoms with E-state index < -0.39 is 0 Å². The molecule has 2 amide bonds. The number of fused-ring (bicyclic) bond motifs is 1. The monoisotopic (exact) mass is 287 g/mol. The Morgan fingerprint density at radius 3 is 2.48 bits per heavy atom. The van der Waals surface area contributed by atoms with Crippen LogP contribution in [-0.4, -0.2) is 29.5 Å². The molecule has 2 aromatic rings. The lowest BCUT2D eigenvalue weighted by Gasteiger charge is -2.10. The van der Waals surface area contributed by atoms with Gasteiger partial charge in [0.1, 0.15) is 5.69 Å². The molecule has 0 bridgehead atoms. The number of hydrogen-bond donors (Lipinski definition) is 2. The molecule has 21 heavy (non-hydrogen) atoms. The summed E-state index contributed by atoms with van der Waals surface area (Å²) in [6.45, 7) is 7.05. The van der Waals surface area contributed by atoms with Gasteiger partial charge in [-0.05, 0) is 25.5 Å². The van der Waals surface area contributed by atoms with E-state index in [1.54, 1.807) is 0 Å². The van der Waals surface area contributed by atoms with Crippen molar-refractivity contribution in [2.24, 2.45) is 0 Å². The number of para-hydroxylation sites is 1. The summed E-state index contributed by atoms with van der Waals surface area (Å²) in [5, 5.41) is 6.62. The summed E-state index contributed by atoms with van der Waals surface area (Å²) in [5.74, 6) is -0.195. The van der Waals surface area contributed by atoms with Gasteiger partial charge in [0.05, 0.1) is 0 Å². The lowest BCUT2D eigenvalue weighted by Crippen LogP contribution is -2.34. The Labute approximate surface area is 124 Å². The number of rotatable bonds is 5. The average Bonchev–Trinajstić information content (AvgIpc) is 2.76. The van der Waals surface area contributed by atoms with Crippen LogP contribution in [0.5, 0.6) is 0 Å². The van der Waals surface area contributed by atoms with Gasteiger partial charge in [0.25, 0.3) is 5.91 Å². The van der Waals surface area contributed by atoms with Crippen molar-refractivity contribution < 1.29 is 9.59 Å². The molecule has 0 aliphatic carbocycles. The Bertz CT molecular complexity index is 673. The highest BCUT2D eigenvalue weighted by molar-refractivity contribution is 6.01. The first-order valence-electron chi connectivity index (χ1n) is 7.16. The van der Waals surface area contributed by atoms with Gasteiger partial charge in [-0.3, -0.25) is 9.59 Å². The lowest BCUT2D eigenvalue weighted by atomic mass is 10.1. The predicted molar refractivity (Wildman–Crippen MR) is 83.4 cm³/mol. The van der Waals surface area contributed by atoms with Crippen LogP contribution in [0.2, 0.25) is 0 Å². The molecule has 1 heterocycles. The van der Waals surface area contributed by atoms with Crippen molar-refractivity contribution in [1.82, 2.24) is 15.2 Å². The molecular formula is C16H21N3O2. The molecule has 0 radical (unpaired) electrons. The second kappa shape index (κ2) is 6.43. The fraction of sp³-hybridized carbons (Fsp3) is 0.375. The van der Waals surface area contributed by atoms with Crippen LogP contribution < -0.4 is 10.6 Å². The predicted octanol–water partition coefficient (Wildman–Crippen LogP) is 1.84. The lowest BCUT2D eigenvalue weighted by molar-refractivity contribution is -0.118. The largest absolute Gasteiger partial charge is 0.355 e. The molecule has 0 aliphatic rings. The van der Waals surface area contributed by atoms with Crippen LogP contribution in [0.15, 0.2) is 24.3 Å². The summed E-state index contributed by atoms with van der Waals surface area (Å²) in [4.78, 5) is 23.2. The molecule has 0 saturated carbocycles. The molecule has 1 aromatic carbocycles. The number of aromatic nitrogens is 1. The van der Waals surface area contributed by atoms with Gasteiger partial charge < -0.3 is 15.2 Å². The van der Waals surface area contributed by atoms with E-state index in [4.69, 9.17) is 0 Å². The second-order valence-electron chi connectivity index (χ2n) is 4.97. The third-order valence-electron chi connectivity index (χ3n) is 3.54. The molecule has 2 N–H and O–H groups in total. The molecule has 0 fully saturated rings. The highest BCUT2D eigenvalue weighted by atomic mass is 16.2. The zero-order valence-corrected chi connectivity index (χ0v) is 12.7. The fourth-order valence-corrected chi connectivity index (χ4v) is 2.60. The Kier molecular flexibility index (Phi) is 4.62. The molecule has 5 heteroatoms. The van der Waals surface area contributed by atoms with Crippen molar-refractivity contribution in [2.45, 2.75) is 27.3 Å². The zero-order valence-electron chi connectivity index (χ0n) is 12.7. The van der Waals surface area contributed by atoms with Gasteiger partial charge in [0.2, 0.25) is 5.91 Å². The van der Waals surface area contributed by atoms with Crippen molar-refractivity contribution >= 4 is 22.7 Å². The van der Waals surface area contributed by atoms with Gasteiger partial charge in [-0.25, -0.2) is 0 Å². The van der Waals surface area contributed by atoms with E-state index in [-0.39, 0.29) is 11.8 Å². The number of carbonyl (C=O) groups is 2. The van der Waals surface area contributed by atoms with E-state index >= 15 is 0 Å². The van der Waals surface area contributed by atoms with Crippen molar-refractivity contribution in [2.75, 3.05) is 13.1 Å². The first-order valence-corrected chi connectivity index (χ1v) is 7.16. The summed E-state index contributed by atoms with van der Waals surface area (Å²) >= 11 is 0. The van der Waals surface area contributed by atoms with Crippen LogP contribution in [0.4, 0.5) is 0 Å². The Hall–Kier alpha value is -2.30. The van der Waals surface area contributed by atoms with Gasteiger partial charge in [0, 0.05) is 37.5 Å². The minimum absolute atomic E-state index is 0.0944. The van der Waals surface area contributed by atoms with E-state index in [2.05, 4.69) is 10.6 Å². The highest BCUT2D eigenvalue weighted by Gasteiger charge is 2.18. The van der Waals surface area contributed by atoms with Gasteiger partial charge in [0.15, 0.2) is 0 Å². The number of benzene rings is 1. The molecule has 0 saturated heterocycles. The van der Waals surface area contributed by atoms with Crippen LogP contribution in [0.3, 0.4) is 0 Å². The Balaban J connectivity index is 2.22. The van der Waals surface area contributed by atoms with E-state index in [0.29, 0.717) is 18.8 Å². The number of amides is 2. The summed E-state index contributed by atoms with van der Waals surface area (Å²) < 4.78 is 2.03. The molecule has 1 aromatic heterocycles. The van der Waals surface area contributed by atoms with E-state index in [9.17, 15) is 9.59 Å². The maximum atomic E-state index is 12.4. The van der Waals surface area contributed by atoms with Crippen LogP contribution >= 0.6 is 0 Å². The van der Waals surface area contributed by atoms with Gasteiger partial charge in [-0.1, -0.05) is 18.2 Å². The van der Waals surface area contributed by atoms with Crippen molar-refractivity contribution in [1.29, 1.82) is 0 Å². The molecule has 2 rings (SSSR count). The molecule has 0 spiro atoms. The number of carbonyl (C=O) groups excluding carboxylic acids is 2. The van der Waals surface area contributed by atoms with E-state index in [0.717, 1.165) is 23.0 Å². The van der Waals surface area contributed by atoms with Crippen molar-refractivity contribution in [3.05, 3.63) is 35.5 Å². The number of nitrogens with one attached hydrogen (secondary N) is 2. The summed E-state index contributed by atoms with van der Waals surface area (Å²) in [7, 11) is 0. The van der Waals surface area contributed by atoms with Crippen LogP contribution in [0, 0.1) is 6.92 Å². The molecular weight excluding hydrogens is 266 g/mol. The van der Waals surface area contributed by atoms with E-state index in [1.807, 2.05) is 42.7 Å². The Morgan fingerprint density at radius 2 is 1.81 bits per heavy atom. The van der Waals surface area contributed by atoms with Gasteiger partial charge >= 0.3 is 0 Å². The average molecular weight is 287 g/mol. The van der Waals surface area contributed by atoms with Gasteiger partial charge in [-0.2, -0.15) is 0 Å². The maximum Gasteiger partial charge on any atom is 0.268 e. The summed E-state index contributed by atoms with van der Waals surface area (Å²) in [6.07, 6.45) is 0.